The minimum atomic E-state index is -0.0906. The Bertz CT molecular complexity index is 704. The number of anilines is 2. The molecular formula is C19H25N5O. The van der Waals surface area contributed by atoms with Gasteiger partial charge in [-0.25, -0.2) is 9.78 Å². The van der Waals surface area contributed by atoms with Crippen molar-refractivity contribution < 1.29 is 4.79 Å². The zero-order chi connectivity index (χ0) is 17.6. The Morgan fingerprint density at radius 1 is 1.16 bits per heavy atom. The summed E-state index contributed by atoms with van der Waals surface area (Å²) in [6.45, 7) is 0.756. The molecule has 1 unspecified atom stereocenters. The van der Waals surface area contributed by atoms with Crippen LogP contribution in [-0.2, 0) is 0 Å². The number of aromatic nitrogens is 2. The third-order valence-corrected chi connectivity index (χ3v) is 4.53. The third kappa shape index (κ3) is 4.26. The molecule has 6 heteroatoms. The average Bonchev–Trinajstić information content (AvgIpc) is 2.88. The van der Waals surface area contributed by atoms with Crippen LogP contribution in [0.4, 0.5) is 16.4 Å². The van der Waals surface area contributed by atoms with Gasteiger partial charge in [-0.1, -0.05) is 18.9 Å². The third-order valence-electron chi connectivity index (χ3n) is 4.53. The number of rotatable bonds is 3. The monoisotopic (exact) mass is 339 g/mol. The maximum atomic E-state index is 12.9. The molecule has 25 heavy (non-hydrogen) atoms. The fourth-order valence-corrected chi connectivity index (χ4v) is 3.21. The Labute approximate surface area is 148 Å². The first-order valence-corrected chi connectivity index (χ1v) is 8.77. The maximum absolute atomic E-state index is 12.9. The predicted molar refractivity (Wildman–Crippen MR) is 99.7 cm³/mol. The number of likely N-dealkylation sites (tertiary alicyclic amines) is 1. The average molecular weight is 339 g/mol. The lowest BCUT2D eigenvalue weighted by Crippen LogP contribution is -2.38. The van der Waals surface area contributed by atoms with E-state index in [1.807, 2.05) is 54.2 Å². The van der Waals surface area contributed by atoms with Crippen LogP contribution in [0.15, 0.2) is 42.7 Å². The number of nitrogens with one attached hydrogen (secondary N) is 1. The highest BCUT2D eigenvalue weighted by atomic mass is 16.2. The van der Waals surface area contributed by atoms with Crippen LogP contribution in [0.5, 0.6) is 0 Å². The SMILES string of the molecule is CN(C)c1cccc(NC(=O)N2CCCCCC2c2ccncc2)n1. The van der Waals surface area contributed by atoms with E-state index in [9.17, 15) is 4.79 Å². The topological polar surface area (TPSA) is 61.4 Å². The van der Waals surface area contributed by atoms with Gasteiger partial charge in [-0.15, -0.1) is 0 Å². The van der Waals surface area contributed by atoms with E-state index in [0.29, 0.717) is 5.82 Å². The van der Waals surface area contributed by atoms with Crippen molar-refractivity contribution in [1.29, 1.82) is 0 Å². The summed E-state index contributed by atoms with van der Waals surface area (Å²) in [5.74, 6) is 1.40. The molecule has 0 radical (unpaired) electrons. The van der Waals surface area contributed by atoms with Gasteiger partial charge in [0.2, 0.25) is 0 Å². The van der Waals surface area contributed by atoms with E-state index < -0.39 is 0 Å². The van der Waals surface area contributed by atoms with Gasteiger partial charge in [0.05, 0.1) is 6.04 Å². The molecule has 0 aliphatic carbocycles. The number of hydrogen-bond donors (Lipinski definition) is 1. The normalized spacial score (nSPS) is 17.7. The fourth-order valence-electron chi connectivity index (χ4n) is 3.21. The minimum absolute atomic E-state index is 0.0857. The van der Waals surface area contributed by atoms with Crippen LogP contribution < -0.4 is 10.2 Å². The lowest BCUT2D eigenvalue weighted by atomic mass is 10.0. The summed E-state index contributed by atoms with van der Waals surface area (Å²) >= 11 is 0. The smallest absolute Gasteiger partial charge is 0.323 e. The van der Waals surface area contributed by atoms with Gasteiger partial charge < -0.3 is 9.80 Å². The van der Waals surface area contributed by atoms with E-state index in [1.165, 1.54) is 0 Å². The number of pyridine rings is 2. The number of carbonyl (C=O) groups excluding carboxylic acids is 1. The van der Waals surface area contributed by atoms with Crippen LogP contribution in [0.2, 0.25) is 0 Å². The first-order chi connectivity index (χ1) is 12.1. The fraction of sp³-hybridized carbons (Fsp3) is 0.421. The van der Waals surface area contributed by atoms with E-state index in [0.717, 1.165) is 43.6 Å². The second-order valence-electron chi connectivity index (χ2n) is 6.54. The largest absolute Gasteiger partial charge is 0.363 e. The number of amides is 2. The molecule has 3 rings (SSSR count). The lowest BCUT2D eigenvalue weighted by molar-refractivity contribution is 0.189. The molecule has 1 aliphatic heterocycles. The molecule has 3 heterocycles. The Hall–Kier alpha value is -2.63. The number of hydrogen-bond acceptors (Lipinski definition) is 4. The van der Waals surface area contributed by atoms with E-state index >= 15 is 0 Å². The van der Waals surface area contributed by atoms with Gasteiger partial charge in [-0.2, -0.15) is 0 Å². The van der Waals surface area contributed by atoms with Crippen LogP contribution in [0.3, 0.4) is 0 Å². The summed E-state index contributed by atoms with van der Waals surface area (Å²) in [6.07, 6.45) is 7.87. The Morgan fingerprint density at radius 2 is 1.96 bits per heavy atom. The zero-order valence-corrected chi connectivity index (χ0v) is 14.9. The molecule has 0 saturated carbocycles. The molecule has 2 aromatic rings. The molecule has 6 nitrogen and oxygen atoms in total. The molecule has 1 saturated heterocycles. The second-order valence-corrected chi connectivity index (χ2v) is 6.54. The molecule has 1 fully saturated rings. The van der Waals surface area contributed by atoms with Crippen LogP contribution in [-0.4, -0.2) is 41.5 Å². The van der Waals surface area contributed by atoms with E-state index in [-0.39, 0.29) is 12.1 Å². The van der Waals surface area contributed by atoms with Crippen molar-refractivity contribution >= 4 is 17.7 Å². The summed E-state index contributed by atoms with van der Waals surface area (Å²) in [5.41, 5.74) is 1.14. The second kappa shape index (κ2) is 7.96. The van der Waals surface area contributed by atoms with Crippen molar-refractivity contribution in [1.82, 2.24) is 14.9 Å². The predicted octanol–water partition coefficient (Wildman–Crippen LogP) is 3.69. The molecule has 1 atom stereocenters. The van der Waals surface area contributed by atoms with Gasteiger partial charge in [0, 0.05) is 33.0 Å². The van der Waals surface area contributed by atoms with Gasteiger partial charge in [0.25, 0.3) is 0 Å². The van der Waals surface area contributed by atoms with Gasteiger partial charge in [0.15, 0.2) is 0 Å². The molecule has 1 aliphatic rings. The van der Waals surface area contributed by atoms with Crippen LogP contribution >= 0.6 is 0 Å². The summed E-state index contributed by atoms with van der Waals surface area (Å²) in [6, 6.07) is 9.64. The lowest BCUT2D eigenvalue weighted by Gasteiger charge is -2.30. The van der Waals surface area contributed by atoms with Crippen molar-refractivity contribution in [3.05, 3.63) is 48.3 Å². The van der Waals surface area contributed by atoms with Crippen molar-refractivity contribution in [2.24, 2.45) is 0 Å². The number of nitrogens with zero attached hydrogens (tertiary/aromatic N) is 4. The van der Waals surface area contributed by atoms with Gasteiger partial charge in [-0.05, 0) is 42.7 Å². The van der Waals surface area contributed by atoms with Crippen molar-refractivity contribution in [3.8, 4) is 0 Å². The first kappa shape index (κ1) is 17.2. The molecule has 0 spiro atoms. The molecule has 0 bridgehead atoms. The maximum Gasteiger partial charge on any atom is 0.323 e. The quantitative estimate of drug-likeness (QED) is 0.926. The standard InChI is InChI=1S/C19H25N5O/c1-23(2)18-9-6-8-17(21-18)22-19(25)24-14-5-3-4-7-16(24)15-10-12-20-13-11-15/h6,8-13,16H,3-5,7,14H2,1-2H3,(H,21,22,25). The minimum Gasteiger partial charge on any atom is -0.363 e. The van der Waals surface area contributed by atoms with Crippen molar-refractivity contribution in [3.63, 3.8) is 0 Å². The molecule has 132 valence electrons. The molecule has 1 N–H and O–H groups in total. The highest BCUT2D eigenvalue weighted by Gasteiger charge is 2.27. The molecule has 2 aromatic heterocycles. The Balaban J connectivity index is 1.79. The van der Waals surface area contributed by atoms with E-state index in [4.69, 9.17) is 0 Å². The molecule has 2 amide bonds. The zero-order valence-electron chi connectivity index (χ0n) is 14.9. The summed E-state index contributed by atoms with van der Waals surface area (Å²) in [5, 5.41) is 2.97. The van der Waals surface area contributed by atoms with Crippen LogP contribution in [0, 0.1) is 0 Å². The molecular weight excluding hydrogens is 314 g/mol. The number of carbonyl (C=O) groups is 1. The Morgan fingerprint density at radius 3 is 2.72 bits per heavy atom. The Kier molecular flexibility index (Phi) is 5.48. The van der Waals surface area contributed by atoms with Crippen LogP contribution in [0.25, 0.3) is 0 Å². The molecule has 0 aromatic carbocycles. The number of urea groups is 1. The van der Waals surface area contributed by atoms with Crippen molar-refractivity contribution in [2.75, 3.05) is 30.9 Å². The van der Waals surface area contributed by atoms with Gasteiger partial charge >= 0.3 is 6.03 Å². The van der Waals surface area contributed by atoms with E-state index in [2.05, 4.69) is 15.3 Å². The highest BCUT2D eigenvalue weighted by Crippen LogP contribution is 2.30. The van der Waals surface area contributed by atoms with Crippen molar-refractivity contribution in [2.45, 2.75) is 31.7 Å². The van der Waals surface area contributed by atoms with Crippen LogP contribution in [0.1, 0.15) is 37.3 Å². The van der Waals surface area contributed by atoms with E-state index in [1.54, 1.807) is 12.4 Å². The summed E-state index contributed by atoms with van der Waals surface area (Å²) < 4.78 is 0. The summed E-state index contributed by atoms with van der Waals surface area (Å²) in [4.78, 5) is 25.4. The summed E-state index contributed by atoms with van der Waals surface area (Å²) in [7, 11) is 3.87. The van der Waals surface area contributed by atoms with Gasteiger partial charge in [-0.3, -0.25) is 10.3 Å². The highest BCUT2D eigenvalue weighted by molar-refractivity contribution is 5.88. The first-order valence-electron chi connectivity index (χ1n) is 8.77. The van der Waals surface area contributed by atoms with Gasteiger partial charge in [0.1, 0.15) is 11.6 Å².